The maximum Gasteiger partial charge on any atom is 0.167 e. The summed E-state index contributed by atoms with van der Waals surface area (Å²) in [5, 5.41) is 0. The average molecular weight is 266 g/mol. The summed E-state index contributed by atoms with van der Waals surface area (Å²) in [6.07, 6.45) is 0.483. The van der Waals surface area contributed by atoms with E-state index in [9.17, 15) is 4.79 Å². The Morgan fingerprint density at radius 1 is 0.800 bits per heavy atom. The lowest BCUT2D eigenvalue weighted by Crippen LogP contribution is -2.08. The molecule has 0 aliphatic rings. The fraction of sp³-hybridized carbons (Fsp3) is 0.316. The third-order valence-corrected chi connectivity index (χ3v) is 4.00. The number of aryl methyl sites for hydroxylation is 5. The minimum atomic E-state index is 0.208. The van der Waals surface area contributed by atoms with Crippen molar-refractivity contribution in [3.63, 3.8) is 0 Å². The van der Waals surface area contributed by atoms with Gasteiger partial charge in [-0.2, -0.15) is 0 Å². The molecule has 0 aromatic heterocycles. The van der Waals surface area contributed by atoms with Crippen LogP contribution >= 0.6 is 0 Å². The molecule has 0 saturated carbocycles. The zero-order valence-corrected chi connectivity index (χ0v) is 13.0. The van der Waals surface area contributed by atoms with E-state index in [0.717, 1.165) is 16.7 Å². The first-order chi connectivity index (χ1) is 9.38. The minimum Gasteiger partial charge on any atom is -0.294 e. The molecule has 1 nitrogen and oxygen atoms in total. The van der Waals surface area contributed by atoms with E-state index in [-0.39, 0.29) is 5.78 Å². The van der Waals surface area contributed by atoms with Gasteiger partial charge in [0.1, 0.15) is 0 Å². The summed E-state index contributed by atoms with van der Waals surface area (Å²) in [6.45, 7) is 10.3. The number of carbonyl (C=O) groups excluding carboxylic acids is 1. The predicted molar refractivity (Wildman–Crippen MR) is 84.6 cm³/mol. The van der Waals surface area contributed by atoms with Crippen LogP contribution in [-0.2, 0) is 6.42 Å². The standard InChI is InChI=1S/C19H22O/c1-12-6-7-13(2)17(8-12)11-19(20)18-10-15(4)14(3)9-16(18)5/h6-10H,11H2,1-5H3. The lowest BCUT2D eigenvalue weighted by molar-refractivity contribution is 0.0992. The molecule has 0 atom stereocenters. The van der Waals surface area contributed by atoms with Crippen LogP contribution in [0.1, 0.15) is 43.7 Å². The fourth-order valence-electron chi connectivity index (χ4n) is 2.52. The monoisotopic (exact) mass is 266 g/mol. The van der Waals surface area contributed by atoms with Crippen LogP contribution in [0.5, 0.6) is 0 Å². The maximum atomic E-state index is 12.6. The van der Waals surface area contributed by atoms with Gasteiger partial charge in [-0.05, 0) is 68.5 Å². The first-order valence-electron chi connectivity index (χ1n) is 7.05. The SMILES string of the molecule is Cc1ccc(C)c(CC(=O)c2cc(C)c(C)cc2C)c1. The first kappa shape index (κ1) is 14.5. The molecule has 0 aliphatic carbocycles. The highest BCUT2D eigenvalue weighted by Gasteiger charge is 2.12. The zero-order chi connectivity index (χ0) is 14.9. The maximum absolute atomic E-state index is 12.6. The number of rotatable bonds is 3. The fourth-order valence-corrected chi connectivity index (χ4v) is 2.52. The van der Waals surface area contributed by atoms with Crippen molar-refractivity contribution in [3.05, 3.63) is 69.3 Å². The first-order valence-corrected chi connectivity index (χ1v) is 7.05. The third kappa shape index (κ3) is 2.98. The van der Waals surface area contributed by atoms with Crippen molar-refractivity contribution in [1.82, 2.24) is 0 Å². The van der Waals surface area contributed by atoms with Crippen molar-refractivity contribution >= 4 is 5.78 Å². The van der Waals surface area contributed by atoms with Crippen LogP contribution in [0.25, 0.3) is 0 Å². The van der Waals surface area contributed by atoms with Crippen molar-refractivity contribution in [2.75, 3.05) is 0 Å². The van der Waals surface area contributed by atoms with Crippen LogP contribution < -0.4 is 0 Å². The Morgan fingerprint density at radius 2 is 1.45 bits per heavy atom. The molecule has 104 valence electrons. The van der Waals surface area contributed by atoms with Crippen LogP contribution in [-0.4, -0.2) is 5.78 Å². The molecule has 20 heavy (non-hydrogen) atoms. The second-order valence-electron chi connectivity index (χ2n) is 5.78. The molecule has 1 heteroatoms. The Kier molecular flexibility index (Phi) is 4.08. The summed E-state index contributed by atoms with van der Waals surface area (Å²) >= 11 is 0. The quantitative estimate of drug-likeness (QED) is 0.739. The smallest absolute Gasteiger partial charge is 0.167 e. The Hall–Kier alpha value is -1.89. The van der Waals surface area contributed by atoms with Crippen molar-refractivity contribution < 1.29 is 4.79 Å². The third-order valence-electron chi connectivity index (χ3n) is 4.00. The van der Waals surface area contributed by atoms with Gasteiger partial charge in [0.15, 0.2) is 5.78 Å². The summed E-state index contributed by atoms with van der Waals surface area (Å²) in [7, 11) is 0. The van der Waals surface area contributed by atoms with Gasteiger partial charge in [-0.1, -0.05) is 29.8 Å². The molecule has 0 unspecified atom stereocenters. The van der Waals surface area contributed by atoms with Crippen LogP contribution in [0.3, 0.4) is 0 Å². The summed E-state index contributed by atoms with van der Waals surface area (Å²) in [5.41, 5.74) is 7.87. The Labute approximate surface area is 121 Å². The van der Waals surface area contributed by atoms with E-state index in [0.29, 0.717) is 6.42 Å². The van der Waals surface area contributed by atoms with Crippen LogP contribution in [0.4, 0.5) is 0 Å². The van der Waals surface area contributed by atoms with Crippen LogP contribution in [0.2, 0.25) is 0 Å². The molecular formula is C19H22O. The zero-order valence-electron chi connectivity index (χ0n) is 13.0. The Bertz CT molecular complexity index is 666. The molecule has 0 fully saturated rings. The van der Waals surface area contributed by atoms with Gasteiger partial charge in [-0.25, -0.2) is 0 Å². The molecule has 0 spiro atoms. The van der Waals surface area contributed by atoms with Gasteiger partial charge in [0, 0.05) is 12.0 Å². The van der Waals surface area contributed by atoms with Gasteiger partial charge in [0.2, 0.25) is 0 Å². The normalized spacial score (nSPS) is 10.7. The summed E-state index contributed by atoms with van der Waals surface area (Å²) in [4.78, 5) is 12.6. The van der Waals surface area contributed by atoms with Gasteiger partial charge in [-0.15, -0.1) is 0 Å². The highest BCUT2D eigenvalue weighted by atomic mass is 16.1. The molecule has 2 aromatic rings. The predicted octanol–water partition coefficient (Wildman–Crippen LogP) is 4.65. The van der Waals surface area contributed by atoms with Crippen molar-refractivity contribution in [2.24, 2.45) is 0 Å². The number of benzene rings is 2. The van der Waals surface area contributed by atoms with Crippen molar-refractivity contribution in [1.29, 1.82) is 0 Å². The molecule has 0 radical (unpaired) electrons. The second kappa shape index (κ2) is 5.62. The number of Topliss-reactive ketones (excluding diaryl/α,β-unsaturated/α-hetero) is 1. The van der Waals surface area contributed by atoms with E-state index in [2.05, 4.69) is 52.0 Å². The van der Waals surface area contributed by atoms with Gasteiger partial charge < -0.3 is 0 Å². The second-order valence-corrected chi connectivity index (χ2v) is 5.78. The van der Waals surface area contributed by atoms with Crippen molar-refractivity contribution in [2.45, 2.75) is 41.0 Å². The van der Waals surface area contributed by atoms with Gasteiger partial charge in [-0.3, -0.25) is 4.79 Å². The molecule has 0 heterocycles. The molecule has 2 rings (SSSR count). The molecular weight excluding hydrogens is 244 g/mol. The molecule has 0 N–H and O–H groups in total. The summed E-state index contributed by atoms with van der Waals surface area (Å²) < 4.78 is 0. The minimum absolute atomic E-state index is 0.208. The lowest BCUT2D eigenvalue weighted by Gasteiger charge is -2.11. The molecule has 0 bridgehead atoms. The van der Waals surface area contributed by atoms with E-state index in [1.165, 1.54) is 22.3 Å². The number of carbonyl (C=O) groups is 1. The molecule has 0 aliphatic heterocycles. The Balaban J connectivity index is 2.33. The van der Waals surface area contributed by atoms with E-state index in [1.54, 1.807) is 0 Å². The number of ketones is 1. The highest BCUT2D eigenvalue weighted by molar-refractivity contribution is 5.99. The van der Waals surface area contributed by atoms with Gasteiger partial charge in [0.05, 0.1) is 0 Å². The summed E-state index contributed by atoms with van der Waals surface area (Å²) in [6, 6.07) is 10.4. The summed E-state index contributed by atoms with van der Waals surface area (Å²) in [5.74, 6) is 0.208. The molecule has 0 saturated heterocycles. The molecule has 0 amide bonds. The lowest BCUT2D eigenvalue weighted by atomic mass is 9.93. The van der Waals surface area contributed by atoms with Gasteiger partial charge in [0.25, 0.3) is 0 Å². The number of hydrogen-bond donors (Lipinski definition) is 0. The van der Waals surface area contributed by atoms with Crippen LogP contribution in [0, 0.1) is 34.6 Å². The van der Waals surface area contributed by atoms with E-state index < -0.39 is 0 Å². The molecule has 2 aromatic carbocycles. The number of hydrogen-bond acceptors (Lipinski definition) is 1. The largest absolute Gasteiger partial charge is 0.294 e. The van der Waals surface area contributed by atoms with E-state index >= 15 is 0 Å². The average Bonchev–Trinajstić information content (AvgIpc) is 2.38. The van der Waals surface area contributed by atoms with Gasteiger partial charge >= 0.3 is 0 Å². The topological polar surface area (TPSA) is 17.1 Å². The van der Waals surface area contributed by atoms with Crippen LogP contribution in [0.15, 0.2) is 30.3 Å². The highest BCUT2D eigenvalue weighted by Crippen LogP contribution is 2.19. The van der Waals surface area contributed by atoms with E-state index in [1.807, 2.05) is 13.0 Å². The van der Waals surface area contributed by atoms with Crippen molar-refractivity contribution in [3.8, 4) is 0 Å². The Morgan fingerprint density at radius 3 is 2.15 bits per heavy atom. The van der Waals surface area contributed by atoms with E-state index in [4.69, 9.17) is 0 Å².